The molecule has 0 bridgehead atoms. The molecule has 5 heteroatoms. The van der Waals surface area contributed by atoms with Crippen LogP contribution in [0.1, 0.15) is 12.0 Å². The van der Waals surface area contributed by atoms with Gasteiger partial charge in [0.15, 0.2) is 0 Å². The Balaban J connectivity index is 1.51. The Hall–Kier alpha value is -2.27. The molecular formula is C17H20N4O. The number of aromatic nitrogens is 1. The van der Waals surface area contributed by atoms with Gasteiger partial charge in [0.2, 0.25) is 5.91 Å². The summed E-state index contributed by atoms with van der Waals surface area (Å²) in [6, 6.07) is 12.1. The highest BCUT2D eigenvalue weighted by atomic mass is 16.2. The SMILES string of the molecule is Cn1cccc1NC(=O)C1CC2(CNc3ccccc32)CN1. The highest BCUT2D eigenvalue weighted by molar-refractivity contribution is 5.94. The van der Waals surface area contributed by atoms with Crippen molar-refractivity contribution in [2.24, 2.45) is 7.05 Å². The topological polar surface area (TPSA) is 58.1 Å². The summed E-state index contributed by atoms with van der Waals surface area (Å²) in [6.07, 6.45) is 2.75. The number of carbonyl (C=O) groups excluding carboxylic acids is 1. The van der Waals surface area contributed by atoms with E-state index in [4.69, 9.17) is 0 Å². The van der Waals surface area contributed by atoms with Gasteiger partial charge in [-0.25, -0.2) is 0 Å². The predicted molar refractivity (Wildman–Crippen MR) is 87.1 cm³/mol. The molecule has 1 aromatic heterocycles. The van der Waals surface area contributed by atoms with E-state index >= 15 is 0 Å². The third-order valence-electron chi connectivity index (χ3n) is 4.91. The van der Waals surface area contributed by atoms with Crippen LogP contribution in [0.15, 0.2) is 42.6 Å². The Labute approximate surface area is 129 Å². The molecule has 1 saturated heterocycles. The largest absolute Gasteiger partial charge is 0.384 e. The lowest BCUT2D eigenvalue weighted by atomic mass is 9.80. The number of rotatable bonds is 2. The molecule has 3 heterocycles. The third kappa shape index (κ3) is 2.01. The second-order valence-corrected chi connectivity index (χ2v) is 6.31. The van der Waals surface area contributed by atoms with Crippen LogP contribution < -0.4 is 16.0 Å². The molecule has 22 heavy (non-hydrogen) atoms. The van der Waals surface area contributed by atoms with Crippen LogP contribution in [-0.4, -0.2) is 29.6 Å². The first-order valence-electron chi connectivity index (χ1n) is 7.67. The maximum absolute atomic E-state index is 12.5. The lowest BCUT2D eigenvalue weighted by Crippen LogP contribution is -2.35. The van der Waals surface area contributed by atoms with Crippen molar-refractivity contribution in [1.29, 1.82) is 0 Å². The third-order valence-corrected chi connectivity index (χ3v) is 4.91. The molecule has 1 aromatic carbocycles. The van der Waals surface area contributed by atoms with Gasteiger partial charge >= 0.3 is 0 Å². The number of nitrogens with zero attached hydrogens (tertiary/aromatic N) is 1. The summed E-state index contributed by atoms with van der Waals surface area (Å²) in [5.41, 5.74) is 2.57. The maximum Gasteiger partial charge on any atom is 0.242 e. The van der Waals surface area contributed by atoms with Crippen LogP contribution in [-0.2, 0) is 17.3 Å². The molecule has 0 radical (unpaired) electrons. The monoisotopic (exact) mass is 296 g/mol. The molecule has 2 aliphatic heterocycles. The van der Waals surface area contributed by atoms with E-state index in [1.165, 1.54) is 11.3 Å². The minimum Gasteiger partial charge on any atom is -0.384 e. The fourth-order valence-electron chi connectivity index (χ4n) is 3.64. The van der Waals surface area contributed by atoms with Crippen molar-refractivity contribution in [2.75, 3.05) is 23.7 Å². The quantitative estimate of drug-likeness (QED) is 0.790. The summed E-state index contributed by atoms with van der Waals surface area (Å²) in [5.74, 6) is 0.876. The molecule has 1 spiro atoms. The van der Waals surface area contributed by atoms with E-state index in [0.717, 1.165) is 25.3 Å². The molecule has 0 saturated carbocycles. The number of hydrogen-bond donors (Lipinski definition) is 3. The minimum atomic E-state index is -0.150. The molecule has 1 fully saturated rings. The predicted octanol–water partition coefficient (Wildman–Crippen LogP) is 1.69. The number of benzene rings is 1. The van der Waals surface area contributed by atoms with Crippen LogP contribution in [0.3, 0.4) is 0 Å². The number of fused-ring (bicyclic) bond motifs is 2. The van der Waals surface area contributed by atoms with Crippen molar-refractivity contribution >= 4 is 17.4 Å². The van der Waals surface area contributed by atoms with Crippen LogP contribution in [0.25, 0.3) is 0 Å². The fourth-order valence-corrected chi connectivity index (χ4v) is 3.64. The Morgan fingerprint density at radius 1 is 1.27 bits per heavy atom. The van der Waals surface area contributed by atoms with Gasteiger partial charge in [0.05, 0.1) is 6.04 Å². The Morgan fingerprint density at radius 3 is 2.95 bits per heavy atom. The van der Waals surface area contributed by atoms with E-state index in [2.05, 4.69) is 34.1 Å². The number of nitrogens with one attached hydrogen (secondary N) is 3. The summed E-state index contributed by atoms with van der Waals surface area (Å²) < 4.78 is 1.91. The summed E-state index contributed by atoms with van der Waals surface area (Å²) in [5, 5.41) is 9.88. The van der Waals surface area contributed by atoms with Gasteiger partial charge in [-0.05, 0) is 30.2 Å². The molecule has 2 aromatic rings. The Morgan fingerprint density at radius 2 is 2.14 bits per heavy atom. The van der Waals surface area contributed by atoms with Crippen LogP contribution in [0.4, 0.5) is 11.5 Å². The molecule has 2 unspecified atom stereocenters. The van der Waals surface area contributed by atoms with E-state index in [0.29, 0.717) is 0 Å². The summed E-state index contributed by atoms with van der Waals surface area (Å²) in [6.45, 7) is 1.73. The van der Waals surface area contributed by atoms with Gasteiger partial charge in [-0.2, -0.15) is 0 Å². The van der Waals surface area contributed by atoms with E-state index < -0.39 is 0 Å². The summed E-state index contributed by atoms with van der Waals surface area (Å²) in [7, 11) is 1.93. The normalized spacial score (nSPS) is 26.0. The van der Waals surface area contributed by atoms with Gasteiger partial charge in [-0.3, -0.25) is 4.79 Å². The maximum atomic E-state index is 12.5. The van der Waals surface area contributed by atoms with Crippen molar-refractivity contribution in [3.05, 3.63) is 48.2 Å². The molecule has 2 atom stereocenters. The highest BCUT2D eigenvalue weighted by Crippen LogP contribution is 2.42. The van der Waals surface area contributed by atoms with Gasteiger partial charge in [0.1, 0.15) is 5.82 Å². The zero-order valence-electron chi connectivity index (χ0n) is 12.6. The Bertz CT molecular complexity index is 723. The van der Waals surface area contributed by atoms with Crippen molar-refractivity contribution in [2.45, 2.75) is 17.9 Å². The number of anilines is 2. The number of carbonyl (C=O) groups is 1. The first-order chi connectivity index (χ1) is 10.7. The number of amides is 1. The van der Waals surface area contributed by atoms with Gasteiger partial charge in [0, 0.05) is 37.4 Å². The van der Waals surface area contributed by atoms with Gasteiger partial charge in [0.25, 0.3) is 0 Å². The lowest BCUT2D eigenvalue weighted by molar-refractivity contribution is -0.117. The van der Waals surface area contributed by atoms with E-state index in [1.54, 1.807) is 0 Å². The zero-order chi connectivity index (χ0) is 15.2. The van der Waals surface area contributed by atoms with E-state index in [-0.39, 0.29) is 17.4 Å². The second kappa shape index (κ2) is 4.88. The number of para-hydroxylation sites is 1. The number of hydrogen-bond acceptors (Lipinski definition) is 3. The van der Waals surface area contributed by atoms with Crippen molar-refractivity contribution < 1.29 is 4.79 Å². The molecule has 4 rings (SSSR count). The summed E-state index contributed by atoms with van der Waals surface area (Å²) >= 11 is 0. The second-order valence-electron chi connectivity index (χ2n) is 6.31. The van der Waals surface area contributed by atoms with Crippen LogP contribution in [0, 0.1) is 0 Å². The van der Waals surface area contributed by atoms with E-state index in [9.17, 15) is 4.79 Å². The van der Waals surface area contributed by atoms with Gasteiger partial charge in [-0.1, -0.05) is 18.2 Å². The summed E-state index contributed by atoms with van der Waals surface area (Å²) in [4.78, 5) is 12.5. The highest BCUT2D eigenvalue weighted by Gasteiger charge is 2.46. The van der Waals surface area contributed by atoms with Crippen molar-refractivity contribution in [3.63, 3.8) is 0 Å². The van der Waals surface area contributed by atoms with Crippen molar-refractivity contribution in [1.82, 2.24) is 9.88 Å². The first-order valence-corrected chi connectivity index (χ1v) is 7.67. The fraction of sp³-hybridized carbons (Fsp3) is 0.353. The van der Waals surface area contributed by atoms with Crippen molar-refractivity contribution in [3.8, 4) is 0 Å². The van der Waals surface area contributed by atoms with Crippen LogP contribution in [0.5, 0.6) is 0 Å². The van der Waals surface area contributed by atoms with Gasteiger partial charge < -0.3 is 20.5 Å². The molecule has 2 aliphatic rings. The minimum absolute atomic E-state index is 0.0345. The molecule has 0 aliphatic carbocycles. The van der Waals surface area contributed by atoms with Gasteiger partial charge in [-0.15, -0.1) is 0 Å². The standard InChI is InChI=1S/C17H20N4O/c1-21-8-4-7-15(21)20-16(22)14-9-17(11-19-14)10-18-13-6-3-2-5-12(13)17/h2-8,14,18-19H,9-11H2,1H3,(H,20,22). The Kier molecular flexibility index (Phi) is 2.97. The number of aryl methyl sites for hydroxylation is 1. The molecule has 1 amide bonds. The smallest absolute Gasteiger partial charge is 0.242 e. The molecule has 5 nitrogen and oxygen atoms in total. The average molecular weight is 296 g/mol. The average Bonchev–Trinajstić information content (AvgIpc) is 3.22. The van der Waals surface area contributed by atoms with E-state index in [1.807, 2.05) is 36.0 Å². The molecule has 3 N–H and O–H groups in total. The molecule has 114 valence electrons. The lowest BCUT2D eigenvalue weighted by Gasteiger charge is -2.22. The molecular weight excluding hydrogens is 276 g/mol. The first kappa shape index (κ1) is 13.4. The van der Waals surface area contributed by atoms with Crippen LogP contribution in [0.2, 0.25) is 0 Å². The zero-order valence-corrected chi connectivity index (χ0v) is 12.6. The van der Waals surface area contributed by atoms with Crippen LogP contribution >= 0.6 is 0 Å².